The minimum atomic E-state index is -0.199. The van der Waals surface area contributed by atoms with Crippen LogP contribution in [0.1, 0.15) is 45.1 Å². The molecule has 1 saturated heterocycles. The Kier molecular flexibility index (Phi) is 7.69. The van der Waals surface area contributed by atoms with E-state index in [1.54, 1.807) is 6.08 Å². The molecule has 6 nitrogen and oxygen atoms in total. The van der Waals surface area contributed by atoms with Gasteiger partial charge in [0.05, 0.1) is 6.04 Å². The normalized spacial score (nSPS) is 25.3. The Morgan fingerprint density at radius 2 is 2.00 bits per heavy atom. The molecule has 3 rings (SSSR count). The smallest absolute Gasteiger partial charge is 0.286 e. The van der Waals surface area contributed by atoms with Crippen molar-refractivity contribution in [3.05, 3.63) is 41.7 Å². The zero-order chi connectivity index (χ0) is 20.6. The number of nitrogens with one attached hydrogen (secondary N) is 2. The van der Waals surface area contributed by atoms with Crippen molar-refractivity contribution >= 4 is 17.9 Å². The molecule has 1 heterocycles. The van der Waals surface area contributed by atoms with Crippen LogP contribution in [0.3, 0.4) is 0 Å². The highest BCUT2D eigenvalue weighted by atomic mass is 16.5. The first-order chi connectivity index (χ1) is 14.1. The number of rotatable bonds is 8. The Morgan fingerprint density at radius 3 is 2.72 bits per heavy atom. The largest absolute Gasteiger partial charge is 0.483 e. The number of carbonyl (C=O) groups is 2. The van der Waals surface area contributed by atoms with E-state index in [1.807, 2.05) is 30.3 Å². The molecule has 0 radical (unpaired) electrons. The summed E-state index contributed by atoms with van der Waals surface area (Å²) in [5.41, 5.74) is 0.939. The lowest BCUT2D eigenvalue weighted by atomic mass is 9.82. The molecule has 2 N–H and O–H groups in total. The van der Waals surface area contributed by atoms with Gasteiger partial charge in [0.1, 0.15) is 6.10 Å². The molecule has 3 atom stereocenters. The van der Waals surface area contributed by atoms with E-state index in [0.29, 0.717) is 18.7 Å². The van der Waals surface area contributed by atoms with Crippen LogP contribution in [-0.4, -0.2) is 55.0 Å². The Labute approximate surface area is 173 Å². The standard InChI is InChI=1S/C23H33N3O3/c1-3-26(4-2)14-8-13-24-22(27)18-11-12-20-19(16-18)25-23(28)21(29-20)15-17-9-6-5-7-10-17/h5-7,9-10,15,18-20H,3-4,8,11-14,16H2,1-2H3,(H,24,27)(H,25,28)/b21-15-. The maximum atomic E-state index is 12.6. The topological polar surface area (TPSA) is 70.7 Å². The summed E-state index contributed by atoms with van der Waals surface area (Å²) in [4.78, 5) is 27.4. The first kappa shape index (κ1) is 21.4. The van der Waals surface area contributed by atoms with Crippen LogP contribution in [0.25, 0.3) is 6.08 Å². The van der Waals surface area contributed by atoms with E-state index in [0.717, 1.165) is 44.5 Å². The first-order valence-electron chi connectivity index (χ1n) is 10.8. The molecular weight excluding hydrogens is 366 g/mol. The summed E-state index contributed by atoms with van der Waals surface area (Å²) >= 11 is 0. The lowest BCUT2D eigenvalue weighted by Crippen LogP contribution is -2.54. The Bertz CT molecular complexity index is 715. The van der Waals surface area contributed by atoms with Gasteiger partial charge < -0.3 is 20.3 Å². The van der Waals surface area contributed by atoms with Crippen LogP contribution in [0.4, 0.5) is 0 Å². The molecule has 0 bridgehead atoms. The number of carbonyl (C=O) groups excluding carboxylic acids is 2. The minimum absolute atomic E-state index is 0.0608. The monoisotopic (exact) mass is 399 g/mol. The third kappa shape index (κ3) is 5.82. The predicted molar refractivity (Wildman–Crippen MR) is 114 cm³/mol. The third-order valence-electron chi connectivity index (χ3n) is 5.92. The molecule has 29 heavy (non-hydrogen) atoms. The first-order valence-corrected chi connectivity index (χ1v) is 10.8. The van der Waals surface area contributed by atoms with Gasteiger partial charge in [-0.2, -0.15) is 0 Å². The number of morpholine rings is 1. The highest BCUT2D eigenvalue weighted by molar-refractivity contribution is 5.96. The van der Waals surface area contributed by atoms with Crippen molar-refractivity contribution in [1.82, 2.24) is 15.5 Å². The van der Waals surface area contributed by atoms with Crippen LogP contribution in [0, 0.1) is 5.92 Å². The van der Waals surface area contributed by atoms with Crippen molar-refractivity contribution in [3.63, 3.8) is 0 Å². The molecule has 158 valence electrons. The average molecular weight is 400 g/mol. The molecule has 0 spiro atoms. The van der Waals surface area contributed by atoms with Gasteiger partial charge in [-0.15, -0.1) is 0 Å². The fraction of sp³-hybridized carbons (Fsp3) is 0.565. The fourth-order valence-corrected chi connectivity index (χ4v) is 4.13. The Balaban J connectivity index is 1.47. The molecule has 2 amide bonds. The van der Waals surface area contributed by atoms with Crippen LogP contribution >= 0.6 is 0 Å². The molecule has 1 aliphatic carbocycles. The lowest BCUT2D eigenvalue weighted by molar-refractivity contribution is -0.134. The highest BCUT2D eigenvalue weighted by Crippen LogP contribution is 2.31. The van der Waals surface area contributed by atoms with E-state index in [-0.39, 0.29) is 29.9 Å². The maximum Gasteiger partial charge on any atom is 0.286 e. The number of ether oxygens (including phenoxy) is 1. The Morgan fingerprint density at radius 1 is 1.24 bits per heavy atom. The third-order valence-corrected chi connectivity index (χ3v) is 5.92. The van der Waals surface area contributed by atoms with Crippen molar-refractivity contribution in [2.24, 2.45) is 5.92 Å². The van der Waals surface area contributed by atoms with E-state index in [2.05, 4.69) is 29.4 Å². The number of fused-ring (bicyclic) bond motifs is 1. The van der Waals surface area contributed by atoms with Crippen LogP contribution in [-0.2, 0) is 14.3 Å². The lowest BCUT2D eigenvalue weighted by Gasteiger charge is -2.39. The zero-order valence-electron chi connectivity index (χ0n) is 17.5. The van der Waals surface area contributed by atoms with Crippen molar-refractivity contribution < 1.29 is 14.3 Å². The number of hydrogen-bond donors (Lipinski definition) is 2. The summed E-state index contributed by atoms with van der Waals surface area (Å²) in [6.45, 7) is 8.09. The molecule has 1 aromatic carbocycles. The summed E-state index contributed by atoms with van der Waals surface area (Å²) in [6.07, 6.45) is 4.87. The van der Waals surface area contributed by atoms with Crippen molar-refractivity contribution in [1.29, 1.82) is 0 Å². The summed E-state index contributed by atoms with van der Waals surface area (Å²) in [7, 11) is 0. The van der Waals surface area contributed by atoms with Gasteiger partial charge in [-0.3, -0.25) is 9.59 Å². The van der Waals surface area contributed by atoms with Crippen LogP contribution in [0.15, 0.2) is 36.1 Å². The van der Waals surface area contributed by atoms with Crippen LogP contribution < -0.4 is 10.6 Å². The molecule has 3 unspecified atom stereocenters. The van der Waals surface area contributed by atoms with Gasteiger partial charge in [0.15, 0.2) is 5.76 Å². The number of benzene rings is 1. The quantitative estimate of drug-likeness (QED) is 0.521. The van der Waals surface area contributed by atoms with E-state index < -0.39 is 0 Å². The van der Waals surface area contributed by atoms with Crippen LogP contribution in [0.2, 0.25) is 0 Å². The minimum Gasteiger partial charge on any atom is -0.483 e. The molecule has 1 aliphatic heterocycles. The second-order valence-corrected chi connectivity index (χ2v) is 7.84. The van der Waals surface area contributed by atoms with Crippen molar-refractivity contribution in [2.75, 3.05) is 26.2 Å². The predicted octanol–water partition coefficient (Wildman–Crippen LogP) is 2.56. The highest BCUT2D eigenvalue weighted by Gasteiger charge is 2.40. The number of nitrogens with zero attached hydrogens (tertiary/aromatic N) is 1. The van der Waals surface area contributed by atoms with Gasteiger partial charge >= 0.3 is 0 Å². The van der Waals surface area contributed by atoms with Gasteiger partial charge in [0.2, 0.25) is 5.91 Å². The molecule has 2 aliphatic rings. The van der Waals surface area contributed by atoms with Crippen molar-refractivity contribution in [3.8, 4) is 0 Å². The summed E-state index contributed by atoms with van der Waals surface area (Å²) < 4.78 is 6.00. The van der Waals surface area contributed by atoms with E-state index in [9.17, 15) is 9.59 Å². The molecule has 1 aromatic rings. The maximum absolute atomic E-state index is 12.6. The molecule has 6 heteroatoms. The zero-order valence-corrected chi connectivity index (χ0v) is 17.5. The van der Waals surface area contributed by atoms with Gasteiger partial charge in [0, 0.05) is 12.5 Å². The average Bonchev–Trinajstić information content (AvgIpc) is 2.74. The molecule has 2 fully saturated rings. The molecular formula is C23H33N3O3. The van der Waals surface area contributed by atoms with E-state index >= 15 is 0 Å². The summed E-state index contributed by atoms with van der Waals surface area (Å²) in [5.74, 6) is 0.197. The summed E-state index contributed by atoms with van der Waals surface area (Å²) in [5, 5.41) is 6.13. The molecule has 1 saturated carbocycles. The Hall–Kier alpha value is -2.34. The van der Waals surface area contributed by atoms with Gasteiger partial charge in [-0.1, -0.05) is 44.2 Å². The van der Waals surface area contributed by atoms with Gasteiger partial charge in [-0.25, -0.2) is 0 Å². The van der Waals surface area contributed by atoms with E-state index in [4.69, 9.17) is 4.74 Å². The van der Waals surface area contributed by atoms with Gasteiger partial charge in [-0.05, 0) is 57.0 Å². The fourth-order valence-electron chi connectivity index (χ4n) is 4.13. The van der Waals surface area contributed by atoms with E-state index in [1.165, 1.54) is 0 Å². The number of hydrogen-bond acceptors (Lipinski definition) is 4. The van der Waals surface area contributed by atoms with Crippen LogP contribution in [0.5, 0.6) is 0 Å². The molecule has 0 aromatic heterocycles. The summed E-state index contributed by atoms with van der Waals surface area (Å²) in [6, 6.07) is 9.59. The second-order valence-electron chi connectivity index (χ2n) is 7.84. The SMILES string of the molecule is CCN(CC)CCCNC(=O)C1CCC2O/C(=C\c3ccccc3)C(=O)NC2C1. The number of amides is 2. The van der Waals surface area contributed by atoms with Gasteiger partial charge in [0.25, 0.3) is 5.91 Å². The van der Waals surface area contributed by atoms with Crippen molar-refractivity contribution in [2.45, 2.75) is 51.7 Å². The second kappa shape index (κ2) is 10.4.